The number of hydrogen-bond acceptors (Lipinski definition) is 2. The van der Waals surface area contributed by atoms with Gasteiger partial charge < -0.3 is 10.0 Å². The molecule has 90 valence electrons. The highest BCUT2D eigenvalue weighted by atomic mass is 16.4. The molecule has 0 aromatic heterocycles. The first-order chi connectivity index (χ1) is 6.75. The lowest BCUT2D eigenvalue weighted by molar-refractivity contribution is -0.137. The normalized spacial score (nSPS) is 14.3. The van der Waals surface area contributed by atoms with Crippen molar-refractivity contribution in [2.24, 2.45) is 5.41 Å². The van der Waals surface area contributed by atoms with Gasteiger partial charge in [-0.15, -0.1) is 0 Å². The van der Waals surface area contributed by atoms with Crippen molar-refractivity contribution in [3.05, 3.63) is 0 Å². The maximum Gasteiger partial charge on any atom is 0.303 e. The van der Waals surface area contributed by atoms with Crippen molar-refractivity contribution < 1.29 is 9.90 Å². The molecular formula is C12H25NO2. The van der Waals surface area contributed by atoms with Gasteiger partial charge in [0.25, 0.3) is 0 Å². The van der Waals surface area contributed by atoms with Gasteiger partial charge in [-0.2, -0.15) is 0 Å². The SMILES string of the molecule is CC(N(C)CCCCC(=O)O)C(C)(C)C. The predicted octanol–water partition coefficient (Wildman–Crippen LogP) is 2.61. The van der Waals surface area contributed by atoms with Crippen molar-refractivity contribution in [1.82, 2.24) is 4.90 Å². The van der Waals surface area contributed by atoms with Crippen LogP contribution in [0.25, 0.3) is 0 Å². The van der Waals surface area contributed by atoms with Crippen LogP contribution in [0.5, 0.6) is 0 Å². The Bertz CT molecular complexity index is 196. The van der Waals surface area contributed by atoms with E-state index in [4.69, 9.17) is 5.11 Å². The Morgan fingerprint density at radius 1 is 1.33 bits per heavy atom. The molecule has 0 aliphatic heterocycles. The highest BCUT2D eigenvalue weighted by Gasteiger charge is 2.23. The van der Waals surface area contributed by atoms with Gasteiger partial charge in [0.05, 0.1) is 0 Å². The molecule has 0 saturated heterocycles. The van der Waals surface area contributed by atoms with Crippen LogP contribution in [-0.4, -0.2) is 35.6 Å². The summed E-state index contributed by atoms with van der Waals surface area (Å²) >= 11 is 0. The Kier molecular flexibility index (Phi) is 5.88. The molecule has 0 rings (SSSR count). The van der Waals surface area contributed by atoms with Crippen molar-refractivity contribution in [1.29, 1.82) is 0 Å². The van der Waals surface area contributed by atoms with Crippen molar-refractivity contribution in [3.63, 3.8) is 0 Å². The van der Waals surface area contributed by atoms with Crippen LogP contribution in [0.4, 0.5) is 0 Å². The monoisotopic (exact) mass is 215 g/mol. The van der Waals surface area contributed by atoms with Crippen LogP contribution in [0.15, 0.2) is 0 Å². The smallest absolute Gasteiger partial charge is 0.303 e. The van der Waals surface area contributed by atoms with E-state index in [0.717, 1.165) is 19.4 Å². The van der Waals surface area contributed by atoms with Crippen LogP contribution in [-0.2, 0) is 4.79 Å². The number of carbonyl (C=O) groups is 1. The molecule has 0 radical (unpaired) electrons. The topological polar surface area (TPSA) is 40.5 Å². The molecule has 0 bridgehead atoms. The minimum atomic E-state index is -0.693. The Balaban J connectivity index is 3.74. The Labute approximate surface area is 93.5 Å². The fourth-order valence-electron chi connectivity index (χ4n) is 1.49. The van der Waals surface area contributed by atoms with Crippen LogP contribution in [0.1, 0.15) is 47.0 Å². The number of unbranched alkanes of at least 4 members (excludes halogenated alkanes) is 1. The van der Waals surface area contributed by atoms with E-state index in [9.17, 15) is 4.79 Å². The minimum Gasteiger partial charge on any atom is -0.481 e. The molecule has 0 saturated carbocycles. The first-order valence-electron chi connectivity index (χ1n) is 5.67. The lowest BCUT2D eigenvalue weighted by Gasteiger charge is -2.35. The largest absolute Gasteiger partial charge is 0.481 e. The van der Waals surface area contributed by atoms with Crippen molar-refractivity contribution in [2.75, 3.05) is 13.6 Å². The van der Waals surface area contributed by atoms with Crippen molar-refractivity contribution in [3.8, 4) is 0 Å². The molecule has 1 atom stereocenters. The van der Waals surface area contributed by atoms with Crippen LogP contribution in [0, 0.1) is 5.41 Å². The fourth-order valence-corrected chi connectivity index (χ4v) is 1.49. The molecular weight excluding hydrogens is 190 g/mol. The van der Waals surface area contributed by atoms with E-state index in [1.165, 1.54) is 0 Å². The first-order valence-corrected chi connectivity index (χ1v) is 5.67. The Hall–Kier alpha value is -0.570. The van der Waals surface area contributed by atoms with Crippen molar-refractivity contribution in [2.45, 2.75) is 53.0 Å². The van der Waals surface area contributed by atoms with Gasteiger partial charge >= 0.3 is 5.97 Å². The van der Waals surface area contributed by atoms with Gasteiger partial charge in [0.1, 0.15) is 0 Å². The number of carboxylic acid groups (broad SMARTS) is 1. The van der Waals surface area contributed by atoms with Gasteiger partial charge in [-0.05, 0) is 38.8 Å². The van der Waals surface area contributed by atoms with E-state index in [1.54, 1.807) is 0 Å². The maximum atomic E-state index is 10.3. The molecule has 15 heavy (non-hydrogen) atoms. The highest BCUT2D eigenvalue weighted by molar-refractivity contribution is 5.66. The molecule has 0 spiro atoms. The average molecular weight is 215 g/mol. The molecule has 3 heteroatoms. The molecule has 0 aliphatic carbocycles. The number of rotatable bonds is 6. The van der Waals surface area contributed by atoms with Crippen LogP contribution in [0.2, 0.25) is 0 Å². The summed E-state index contributed by atoms with van der Waals surface area (Å²) in [5, 5.41) is 8.50. The lowest BCUT2D eigenvalue weighted by Crippen LogP contribution is -2.39. The van der Waals surface area contributed by atoms with Crippen LogP contribution in [0.3, 0.4) is 0 Å². The average Bonchev–Trinajstić information content (AvgIpc) is 2.09. The van der Waals surface area contributed by atoms with Crippen LogP contribution >= 0.6 is 0 Å². The molecule has 0 aliphatic rings. The summed E-state index contributed by atoms with van der Waals surface area (Å²) in [7, 11) is 2.11. The fraction of sp³-hybridized carbons (Fsp3) is 0.917. The molecule has 1 unspecified atom stereocenters. The summed E-state index contributed by atoms with van der Waals surface area (Å²) in [4.78, 5) is 12.6. The van der Waals surface area contributed by atoms with E-state index in [-0.39, 0.29) is 11.8 Å². The van der Waals surface area contributed by atoms with Gasteiger partial charge in [-0.1, -0.05) is 20.8 Å². The maximum absolute atomic E-state index is 10.3. The summed E-state index contributed by atoms with van der Waals surface area (Å²) in [5.41, 5.74) is 0.279. The van der Waals surface area contributed by atoms with E-state index in [1.807, 2.05) is 0 Å². The van der Waals surface area contributed by atoms with Gasteiger partial charge in [0, 0.05) is 12.5 Å². The second-order valence-electron chi connectivity index (χ2n) is 5.37. The van der Waals surface area contributed by atoms with Gasteiger partial charge in [-0.3, -0.25) is 4.79 Å². The second-order valence-corrected chi connectivity index (χ2v) is 5.37. The quantitative estimate of drug-likeness (QED) is 0.692. The summed E-state index contributed by atoms with van der Waals surface area (Å²) in [6.07, 6.45) is 2.03. The lowest BCUT2D eigenvalue weighted by atomic mass is 9.87. The summed E-state index contributed by atoms with van der Waals surface area (Å²) in [6, 6.07) is 0.516. The third-order valence-electron chi connectivity index (χ3n) is 3.07. The minimum absolute atomic E-state index is 0.279. The standard InChI is InChI=1S/C12H25NO2/c1-10(12(2,3)4)13(5)9-7-6-8-11(14)15/h10H,6-9H2,1-5H3,(H,14,15). The summed E-state index contributed by atoms with van der Waals surface area (Å²) < 4.78 is 0. The predicted molar refractivity (Wildman–Crippen MR) is 63.0 cm³/mol. The second kappa shape index (κ2) is 6.11. The molecule has 0 amide bonds. The van der Waals surface area contributed by atoms with Gasteiger partial charge in [0.2, 0.25) is 0 Å². The first kappa shape index (κ1) is 14.4. The zero-order valence-electron chi connectivity index (χ0n) is 10.7. The molecule has 0 aromatic rings. The highest BCUT2D eigenvalue weighted by Crippen LogP contribution is 2.23. The molecule has 3 nitrogen and oxygen atoms in total. The molecule has 0 fully saturated rings. The molecule has 0 aromatic carbocycles. The third-order valence-corrected chi connectivity index (χ3v) is 3.07. The van der Waals surface area contributed by atoms with Crippen LogP contribution < -0.4 is 0 Å². The van der Waals surface area contributed by atoms with Crippen molar-refractivity contribution >= 4 is 5.97 Å². The number of nitrogens with zero attached hydrogens (tertiary/aromatic N) is 1. The van der Waals surface area contributed by atoms with E-state index in [0.29, 0.717) is 6.04 Å². The van der Waals surface area contributed by atoms with E-state index < -0.39 is 5.97 Å². The zero-order valence-corrected chi connectivity index (χ0v) is 10.7. The third kappa shape index (κ3) is 6.50. The Morgan fingerprint density at radius 2 is 1.87 bits per heavy atom. The van der Waals surface area contributed by atoms with Gasteiger partial charge in [-0.25, -0.2) is 0 Å². The zero-order chi connectivity index (χ0) is 12.1. The Morgan fingerprint density at radius 3 is 2.27 bits per heavy atom. The van der Waals surface area contributed by atoms with Gasteiger partial charge in [0.15, 0.2) is 0 Å². The number of carboxylic acids is 1. The summed E-state index contributed by atoms with van der Waals surface area (Å²) in [5.74, 6) is -0.693. The molecule has 0 heterocycles. The van der Waals surface area contributed by atoms with E-state index >= 15 is 0 Å². The number of hydrogen-bond donors (Lipinski definition) is 1. The molecule has 1 N–H and O–H groups in total. The van der Waals surface area contributed by atoms with E-state index in [2.05, 4.69) is 39.6 Å². The number of aliphatic carboxylic acids is 1. The summed E-state index contributed by atoms with van der Waals surface area (Å²) in [6.45, 7) is 9.88.